The summed E-state index contributed by atoms with van der Waals surface area (Å²) in [5, 5.41) is 2.85. The van der Waals surface area contributed by atoms with E-state index in [1.54, 1.807) is 12.1 Å². The van der Waals surface area contributed by atoms with Crippen molar-refractivity contribution in [3.63, 3.8) is 0 Å². The maximum atomic E-state index is 12.8. The monoisotopic (exact) mass is 321 g/mol. The first-order valence-corrected chi connectivity index (χ1v) is 8.08. The summed E-state index contributed by atoms with van der Waals surface area (Å²) < 4.78 is 12.8. The number of amides is 2. The minimum absolute atomic E-state index is 0.111. The number of hydrogen-bond acceptors (Lipinski definition) is 3. The molecule has 1 aromatic rings. The summed E-state index contributed by atoms with van der Waals surface area (Å²) in [5.41, 5.74) is 6.25. The first kappa shape index (κ1) is 17.4. The van der Waals surface area contributed by atoms with E-state index in [1.165, 1.54) is 12.1 Å². The van der Waals surface area contributed by atoms with Crippen molar-refractivity contribution in [2.24, 2.45) is 5.73 Å². The summed E-state index contributed by atoms with van der Waals surface area (Å²) in [4.78, 5) is 25.1. The molecule has 0 atom stereocenters. The third-order valence-corrected chi connectivity index (χ3v) is 4.20. The standard InChI is InChI=1S/C17H24FN3O2/c18-14-7-5-13(6-8-14)9-10-20-17(23)12-21(11-16(19)22)15-3-1-2-4-15/h5-8,15H,1-4,9-12H2,(H2,19,22)(H,20,23). The third-order valence-electron chi connectivity index (χ3n) is 4.20. The highest BCUT2D eigenvalue weighted by molar-refractivity contribution is 5.80. The third kappa shape index (κ3) is 5.98. The van der Waals surface area contributed by atoms with Crippen LogP contribution in [0.5, 0.6) is 0 Å². The predicted molar refractivity (Wildman–Crippen MR) is 86.1 cm³/mol. The Morgan fingerprint density at radius 3 is 2.43 bits per heavy atom. The SMILES string of the molecule is NC(=O)CN(CC(=O)NCCc1ccc(F)cc1)C1CCCC1. The van der Waals surface area contributed by atoms with Crippen LogP contribution >= 0.6 is 0 Å². The molecule has 2 amide bonds. The minimum atomic E-state index is -0.406. The Labute approximate surface area is 136 Å². The molecule has 0 spiro atoms. The van der Waals surface area contributed by atoms with Crippen LogP contribution in [0.25, 0.3) is 0 Å². The van der Waals surface area contributed by atoms with Crippen molar-refractivity contribution in [1.82, 2.24) is 10.2 Å². The zero-order valence-electron chi connectivity index (χ0n) is 13.3. The number of carbonyl (C=O) groups is 2. The van der Waals surface area contributed by atoms with Crippen LogP contribution in [0.4, 0.5) is 4.39 Å². The van der Waals surface area contributed by atoms with Crippen LogP contribution in [-0.4, -0.2) is 42.4 Å². The number of primary amides is 1. The van der Waals surface area contributed by atoms with Gasteiger partial charge >= 0.3 is 0 Å². The number of halogens is 1. The molecule has 0 aliphatic heterocycles. The molecule has 6 heteroatoms. The highest BCUT2D eigenvalue weighted by atomic mass is 19.1. The lowest BCUT2D eigenvalue weighted by atomic mass is 10.1. The summed E-state index contributed by atoms with van der Waals surface area (Å²) in [5.74, 6) is -0.785. The van der Waals surface area contributed by atoms with Gasteiger partial charge in [0.15, 0.2) is 0 Å². The van der Waals surface area contributed by atoms with E-state index in [0.717, 1.165) is 31.2 Å². The largest absolute Gasteiger partial charge is 0.369 e. The van der Waals surface area contributed by atoms with Gasteiger partial charge in [0, 0.05) is 12.6 Å². The topological polar surface area (TPSA) is 75.4 Å². The second kappa shape index (κ2) is 8.62. The molecule has 1 fully saturated rings. The molecule has 1 aliphatic carbocycles. The quantitative estimate of drug-likeness (QED) is 0.756. The molecule has 1 saturated carbocycles. The lowest BCUT2D eigenvalue weighted by molar-refractivity contribution is -0.124. The van der Waals surface area contributed by atoms with Crippen molar-refractivity contribution in [2.45, 2.75) is 38.1 Å². The molecule has 0 radical (unpaired) electrons. The van der Waals surface area contributed by atoms with E-state index in [-0.39, 0.29) is 30.9 Å². The van der Waals surface area contributed by atoms with E-state index in [4.69, 9.17) is 5.73 Å². The Bertz CT molecular complexity index is 527. The van der Waals surface area contributed by atoms with Crippen molar-refractivity contribution in [3.8, 4) is 0 Å². The fraction of sp³-hybridized carbons (Fsp3) is 0.529. The first-order valence-electron chi connectivity index (χ1n) is 8.08. The van der Waals surface area contributed by atoms with E-state index in [2.05, 4.69) is 5.32 Å². The smallest absolute Gasteiger partial charge is 0.234 e. The summed E-state index contributed by atoms with van der Waals surface area (Å²) in [6, 6.07) is 6.50. The van der Waals surface area contributed by atoms with Crippen LogP contribution in [0.15, 0.2) is 24.3 Å². The number of nitrogens with one attached hydrogen (secondary N) is 1. The molecule has 126 valence electrons. The molecule has 5 nitrogen and oxygen atoms in total. The van der Waals surface area contributed by atoms with E-state index >= 15 is 0 Å². The van der Waals surface area contributed by atoms with E-state index in [1.807, 2.05) is 4.90 Å². The van der Waals surface area contributed by atoms with Gasteiger partial charge in [-0.25, -0.2) is 4.39 Å². The molecule has 0 aromatic heterocycles. The van der Waals surface area contributed by atoms with Crippen LogP contribution in [0.2, 0.25) is 0 Å². The lowest BCUT2D eigenvalue weighted by Gasteiger charge is -2.26. The Morgan fingerprint density at radius 1 is 1.17 bits per heavy atom. The molecule has 1 aromatic carbocycles. The van der Waals surface area contributed by atoms with Gasteiger partial charge < -0.3 is 11.1 Å². The molecule has 0 heterocycles. The number of carbonyl (C=O) groups excluding carboxylic acids is 2. The molecular weight excluding hydrogens is 297 g/mol. The maximum Gasteiger partial charge on any atom is 0.234 e. The first-order chi connectivity index (χ1) is 11.0. The van der Waals surface area contributed by atoms with Crippen molar-refractivity contribution >= 4 is 11.8 Å². The lowest BCUT2D eigenvalue weighted by Crippen LogP contribution is -2.46. The molecule has 0 unspecified atom stereocenters. The van der Waals surface area contributed by atoms with E-state index in [9.17, 15) is 14.0 Å². The maximum absolute atomic E-state index is 12.8. The van der Waals surface area contributed by atoms with Gasteiger partial charge in [0.2, 0.25) is 11.8 Å². The van der Waals surface area contributed by atoms with Crippen molar-refractivity contribution < 1.29 is 14.0 Å². The van der Waals surface area contributed by atoms with Gasteiger partial charge in [-0.1, -0.05) is 25.0 Å². The molecule has 1 aliphatic rings. The fourth-order valence-electron chi connectivity index (χ4n) is 3.02. The molecule has 0 saturated heterocycles. The summed E-state index contributed by atoms with van der Waals surface area (Å²) in [6.07, 6.45) is 4.93. The number of nitrogens with two attached hydrogens (primary N) is 1. The van der Waals surface area contributed by atoms with Gasteiger partial charge in [-0.3, -0.25) is 14.5 Å². The number of rotatable bonds is 8. The van der Waals surface area contributed by atoms with Crippen LogP contribution in [0.3, 0.4) is 0 Å². The van der Waals surface area contributed by atoms with Crippen LogP contribution in [-0.2, 0) is 16.0 Å². The van der Waals surface area contributed by atoms with E-state index < -0.39 is 5.91 Å². The predicted octanol–water partition coefficient (Wildman–Crippen LogP) is 1.21. The number of hydrogen-bond donors (Lipinski definition) is 2. The van der Waals surface area contributed by atoms with Crippen molar-refractivity contribution in [1.29, 1.82) is 0 Å². The summed E-state index contributed by atoms with van der Waals surface area (Å²) in [6.45, 7) is 0.798. The normalized spacial score (nSPS) is 15.0. The molecule has 23 heavy (non-hydrogen) atoms. The number of nitrogens with zero attached hydrogens (tertiary/aromatic N) is 1. The van der Waals surface area contributed by atoms with Gasteiger partial charge in [0.05, 0.1) is 13.1 Å². The molecule has 2 rings (SSSR count). The van der Waals surface area contributed by atoms with Gasteiger partial charge in [0.1, 0.15) is 5.82 Å². The van der Waals surface area contributed by atoms with E-state index in [0.29, 0.717) is 13.0 Å². The van der Waals surface area contributed by atoms with Crippen molar-refractivity contribution in [3.05, 3.63) is 35.6 Å². The Morgan fingerprint density at radius 2 is 1.83 bits per heavy atom. The summed E-state index contributed by atoms with van der Waals surface area (Å²) in [7, 11) is 0. The van der Waals surface area contributed by atoms with Gasteiger partial charge in [0.25, 0.3) is 0 Å². The Balaban J connectivity index is 1.76. The molecular formula is C17H24FN3O2. The average molecular weight is 321 g/mol. The zero-order valence-corrected chi connectivity index (χ0v) is 13.3. The minimum Gasteiger partial charge on any atom is -0.369 e. The van der Waals surface area contributed by atoms with Gasteiger partial charge in [-0.05, 0) is 37.0 Å². The second-order valence-corrected chi connectivity index (χ2v) is 6.04. The van der Waals surface area contributed by atoms with Crippen LogP contribution < -0.4 is 11.1 Å². The summed E-state index contributed by atoms with van der Waals surface area (Å²) >= 11 is 0. The average Bonchev–Trinajstić information content (AvgIpc) is 3.02. The fourth-order valence-corrected chi connectivity index (χ4v) is 3.02. The zero-order chi connectivity index (χ0) is 16.7. The number of benzene rings is 1. The highest BCUT2D eigenvalue weighted by Crippen LogP contribution is 2.22. The van der Waals surface area contributed by atoms with Crippen LogP contribution in [0, 0.1) is 5.82 Å². The highest BCUT2D eigenvalue weighted by Gasteiger charge is 2.25. The van der Waals surface area contributed by atoms with Gasteiger partial charge in [-0.15, -0.1) is 0 Å². The Kier molecular flexibility index (Phi) is 6.52. The van der Waals surface area contributed by atoms with Crippen LogP contribution in [0.1, 0.15) is 31.2 Å². The van der Waals surface area contributed by atoms with Gasteiger partial charge in [-0.2, -0.15) is 0 Å². The second-order valence-electron chi connectivity index (χ2n) is 6.04. The Hall–Kier alpha value is -1.95. The molecule has 0 bridgehead atoms. The van der Waals surface area contributed by atoms with Crippen molar-refractivity contribution in [2.75, 3.05) is 19.6 Å². The molecule has 3 N–H and O–H groups in total.